The average molecular weight is 595 g/mol. The van der Waals surface area contributed by atoms with Gasteiger partial charge in [0.2, 0.25) is 17.7 Å². The zero-order chi connectivity index (χ0) is 29.0. The third kappa shape index (κ3) is 11.5. The third-order valence-electron chi connectivity index (χ3n) is 6.62. The zero-order valence-corrected chi connectivity index (χ0v) is 25.3. The number of anilines is 1. The minimum absolute atomic E-state index is 0.0146. The van der Waals surface area contributed by atoms with Crippen molar-refractivity contribution in [2.45, 2.75) is 81.1 Å². The van der Waals surface area contributed by atoms with Crippen molar-refractivity contribution in [3.05, 3.63) is 24.0 Å². The highest BCUT2D eigenvalue weighted by Crippen LogP contribution is 2.32. The molecule has 11 nitrogen and oxygen atoms in total. The summed E-state index contributed by atoms with van der Waals surface area (Å²) in [6.45, 7) is 9.17. The summed E-state index contributed by atoms with van der Waals surface area (Å²) >= 11 is 3.03. The quantitative estimate of drug-likeness (QED) is 0.170. The average Bonchev–Trinajstić information content (AvgIpc) is 3.56. The standard InChI is InChI=1S/C27H42N6O5S2/c1-27(2,3)20-15-30-22(38-20)18-39-23-16-31-25(40-23)32-24(35)19-9-13-33(14-10-19)17-21(34)28-11-7-5-4-6-8-12-29-26(36)37/h15-16,19,29H,4-14,17-18H2,1-3H3,(H,28,34)(H,36,37)(H,31,32,35). The number of carboxylic acid groups (broad SMARTS) is 1. The molecule has 2 aromatic heterocycles. The SMILES string of the molecule is CC(C)(C)c1cnc(CSc2cnc(NC(=O)C3CCN(CC(=O)NCCCCCCCNC(=O)O)CC3)s2)o1. The predicted octanol–water partition coefficient (Wildman–Crippen LogP) is 4.71. The smallest absolute Gasteiger partial charge is 0.404 e. The molecule has 13 heteroatoms. The van der Waals surface area contributed by atoms with Gasteiger partial charge >= 0.3 is 6.09 Å². The molecule has 1 aliphatic rings. The van der Waals surface area contributed by atoms with Crippen LogP contribution in [0.15, 0.2) is 21.0 Å². The Morgan fingerprint density at radius 2 is 1.73 bits per heavy atom. The summed E-state index contributed by atoms with van der Waals surface area (Å²) in [6.07, 6.45) is 8.73. The molecule has 3 heterocycles. The Labute approximate surface area is 244 Å². The van der Waals surface area contributed by atoms with Crippen molar-refractivity contribution in [2.75, 3.05) is 38.0 Å². The van der Waals surface area contributed by atoms with Crippen LogP contribution in [0, 0.1) is 5.92 Å². The highest BCUT2D eigenvalue weighted by molar-refractivity contribution is 8.00. The highest BCUT2D eigenvalue weighted by atomic mass is 32.2. The molecular weight excluding hydrogens is 552 g/mol. The van der Waals surface area contributed by atoms with E-state index < -0.39 is 6.09 Å². The molecule has 0 spiro atoms. The topological polar surface area (TPSA) is 150 Å². The Bertz CT molecular complexity index is 1090. The molecule has 4 N–H and O–H groups in total. The van der Waals surface area contributed by atoms with Crippen LogP contribution in [-0.2, 0) is 20.8 Å². The first-order valence-electron chi connectivity index (χ1n) is 13.9. The fourth-order valence-electron chi connectivity index (χ4n) is 4.26. The number of carbonyl (C=O) groups is 3. The molecule has 1 saturated heterocycles. The van der Waals surface area contributed by atoms with Crippen LogP contribution >= 0.6 is 23.1 Å². The minimum atomic E-state index is -0.982. The predicted molar refractivity (Wildman–Crippen MR) is 157 cm³/mol. The molecular formula is C27H42N6O5S2. The van der Waals surface area contributed by atoms with E-state index in [-0.39, 0.29) is 23.1 Å². The highest BCUT2D eigenvalue weighted by Gasteiger charge is 2.26. The van der Waals surface area contributed by atoms with Gasteiger partial charge in [-0.1, -0.05) is 51.4 Å². The minimum Gasteiger partial charge on any atom is -0.465 e. The number of thiazole rings is 1. The van der Waals surface area contributed by atoms with Crippen LogP contribution in [0.2, 0.25) is 0 Å². The summed E-state index contributed by atoms with van der Waals surface area (Å²) < 4.78 is 6.83. The summed E-state index contributed by atoms with van der Waals surface area (Å²) in [7, 11) is 0. The van der Waals surface area contributed by atoms with E-state index >= 15 is 0 Å². The second-order valence-electron chi connectivity index (χ2n) is 11.0. The molecule has 0 bridgehead atoms. The Hall–Kier alpha value is -2.64. The maximum absolute atomic E-state index is 12.8. The van der Waals surface area contributed by atoms with Crippen molar-refractivity contribution in [1.29, 1.82) is 0 Å². The van der Waals surface area contributed by atoms with Crippen LogP contribution in [0.4, 0.5) is 9.93 Å². The van der Waals surface area contributed by atoms with Gasteiger partial charge in [-0.25, -0.2) is 14.8 Å². The molecule has 0 aliphatic carbocycles. The van der Waals surface area contributed by atoms with Crippen molar-refractivity contribution in [2.24, 2.45) is 5.92 Å². The molecule has 3 amide bonds. The molecule has 1 fully saturated rings. The fourth-order valence-corrected chi connectivity index (χ4v) is 5.99. The molecule has 2 aromatic rings. The summed E-state index contributed by atoms with van der Waals surface area (Å²) in [6, 6.07) is 0. The van der Waals surface area contributed by atoms with E-state index in [1.165, 1.54) is 11.3 Å². The van der Waals surface area contributed by atoms with Crippen molar-refractivity contribution in [1.82, 2.24) is 25.5 Å². The lowest BCUT2D eigenvalue weighted by Crippen LogP contribution is -2.43. The summed E-state index contributed by atoms with van der Waals surface area (Å²) in [4.78, 5) is 46.3. The number of amides is 3. The number of oxazole rings is 1. The van der Waals surface area contributed by atoms with Crippen LogP contribution in [0.3, 0.4) is 0 Å². The van der Waals surface area contributed by atoms with E-state index in [0.29, 0.717) is 62.3 Å². The van der Waals surface area contributed by atoms with Gasteiger partial charge in [0.1, 0.15) is 5.76 Å². The molecule has 222 valence electrons. The van der Waals surface area contributed by atoms with E-state index in [4.69, 9.17) is 9.52 Å². The zero-order valence-electron chi connectivity index (χ0n) is 23.7. The third-order valence-corrected chi connectivity index (χ3v) is 8.71. The number of nitrogens with zero attached hydrogens (tertiary/aromatic N) is 3. The van der Waals surface area contributed by atoms with Crippen LogP contribution < -0.4 is 16.0 Å². The monoisotopic (exact) mass is 594 g/mol. The lowest BCUT2D eigenvalue weighted by Gasteiger charge is -2.30. The molecule has 40 heavy (non-hydrogen) atoms. The van der Waals surface area contributed by atoms with E-state index in [9.17, 15) is 14.4 Å². The Morgan fingerprint density at radius 1 is 1.05 bits per heavy atom. The van der Waals surface area contributed by atoms with Crippen molar-refractivity contribution in [3.63, 3.8) is 0 Å². The van der Waals surface area contributed by atoms with E-state index in [2.05, 4.69) is 51.6 Å². The van der Waals surface area contributed by atoms with Gasteiger partial charge in [0.05, 0.1) is 28.9 Å². The number of aromatic nitrogens is 2. The maximum atomic E-state index is 12.8. The lowest BCUT2D eigenvalue weighted by atomic mass is 9.94. The van der Waals surface area contributed by atoms with Gasteiger partial charge in [0.15, 0.2) is 5.13 Å². The number of unbranched alkanes of at least 4 members (excludes halogenated alkanes) is 4. The summed E-state index contributed by atoms with van der Waals surface area (Å²) in [5.74, 6) is 2.05. The molecule has 0 unspecified atom stereocenters. The van der Waals surface area contributed by atoms with Gasteiger partial charge in [-0.15, -0.1) is 11.8 Å². The van der Waals surface area contributed by atoms with E-state index in [0.717, 1.165) is 42.1 Å². The van der Waals surface area contributed by atoms with Crippen LogP contribution in [0.25, 0.3) is 0 Å². The first-order chi connectivity index (χ1) is 19.1. The Balaban J connectivity index is 1.26. The number of thioether (sulfide) groups is 1. The van der Waals surface area contributed by atoms with Gasteiger partial charge in [-0.3, -0.25) is 14.5 Å². The molecule has 0 atom stereocenters. The van der Waals surface area contributed by atoms with Gasteiger partial charge in [0, 0.05) is 24.4 Å². The van der Waals surface area contributed by atoms with Gasteiger partial charge in [-0.2, -0.15) is 0 Å². The van der Waals surface area contributed by atoms with Crippen molar-refractivity contribution < 1.29 is 23.9 Å². The van der Waals surface area contributed by atoms with Gasteiger partial charge < -0.3 is 25.5 Å². The van der Waals surface area contributed by atoms with Gasteiger partial charge in [0.25, 0.3) is 0 Å². The van der Waals surface area contributed by atoms with Crippen LogP contribution in [0.5, 0.6) is 0 Å². The maximum Gasteiger partial charge on any atom is 0.404 e. The summed E-state index contributed by atoms with van der Waals surface area (Å²) in [5, 5.41) is 17.4. The number of piperidine rings is 1. The molecule has 1 aliphatic heterocycles. The number of hydrogen-bond donors (Lipinski definition) is 4. The largest absolute Gasteiger partial charge is 0.465 e. The van der Waals surface area contributed by atoms with Crippen molar-refractivity contribution in [3.8, 4) is 0 Å². The molecule has 0 radical (unpaired) electrons. The number of hydrogen-bond acceptors (Lipinski definition) is 9. The fraction of sp³-hybridized carbons (Fsp3) is 0.667. The van der Waals surface area contributed by atoms with E-state index in [1.807, 2.05) is 0 Å². The van der Waals surface area contributed by atoms with Gasteiger partial charge in [-0.05, 0) is 38.8 Å². The second kappa shape index (κ2) is 16.0. The van der Waals surface area contributed by atoms with Crippen LogP contribution in [-0.4, -0.2) is 70.6 Å². The van der Waals surface area contributed by atoms with Crippen LogP contribution in [0.1, 0.15) is 77.4 Å². The molecule has 0 aromatic carbocycles. The first-order valence-corrected chi connectivity index (χ1v) is 15.7. The second-order valence-corrected chi connectivity index (χ2v) is 13.3. The number of likely N-dealkylation sites (tertiary alicyclic amines) is 1. The lowest BCUT2D eigenvalue weighted by molar-refractivity contribution is -0.123. The normalized spacial score (nSPS) is 14.7. The van der Waals surface area contributed by atoms with Crippen molar-refractivity contribution >= 4 is 46.1 Å². The molecule has 0 saturated carbocycles. The van der Waals surface area contributed by atoms with E-state index in [1.54, 1.807) is 24.2 Å². The number of rotatable bonds is 15. The first kappa shape index (κ1) is 31.9. The summed E-state index contributed by atoms with van der Waals surface area (Å²) in [5.41, 5.74) is -0.0765. The Morgan fingerprint density at radius 3 is 2.38 bits per heavy atom. The molecule has 3 rings (SSSR count). The number of nitrogens with one attached hydrogen (secondary N) is 3. The number of carbonyl (C=O) groups excluding carboxylic acids is 2. The Kier molecular flexibility index (Phi) is 12.7.